The van der Waals surface area contributed by atoms with Gasteiger partial charge in [0.2, 0.25) is 11.7 Å². The molecule has 0 unspecified atom stereocenters. The summed E-state index contributed by atoms with van der Waals surface area (Å²) >= 11 is 0.850. The molecule has 0 aromatic heterocycles. The van der Waals surface area contributed by atoms with Crippen molar-refractivity contribution in [3.8, 4) is 17.2 Å². The molecule has 1 fully saturated rings. The summed E-state index contributed by atoms with van der Waals surface area (Å²) < 4.78 is 16.0. The molecule has 0 aliphatic carbocycles. The number of amides is 3. The SMILES string of the molecule is COc1cc(C=C2SC(=O)N(CCNC(=O)Cc3ccccc3C)C2=O)cc(OC)c1OC. The Kier molecular flexibility index (Phi) is 8.00. The molecular formula is C24H26N2O6S. The quantitative estimate of drug-likeness (QED) is 0.561. The van der Waals surface area contributed by atoms with Crippen molar-refractivity contribution in [1.29, 1.82) is 0 Å². The summed E-state index contributed by atoms with van der Waals surface area (Å²) in [4.78, 5) is 38.8. The van der Waals surface area contributed by atoms with Gasteiger partial charge in [-0.2, -0.15) is 0 Å². The minimum Gasteiger partial charge on any atom is -0.493 e. The Morgan fingerprint density at radius 1 is 1.06 bits per heavy atom. The van der Waals surface area contributed by atoms with Crippen LogP contribution in [0.5, 0.6) is 17.2 Å². The number of ether oxygens (including phenoxy) is 3. The number of imide groups is 1. The third-order valence-electron chi connectivity index (χ3n) is 5.13. The van der Waals surface area contributed by atoms with Crippen molar-refractivity contribution >= 4 is 34.9 Å². The second-order valence-electron chi connectivity index (χ2n) is 7.25. The second kappa shape index (κ2) is 10.9. The fourth-order valence-corrected chi connectivity index (χ4v) is 4.24. The Balaban J connectivity index is 1.64. The van der Waals surface area contributed by atoms with Crippen molar-refractivity contribution in [3.63, 3.8) is 0 Å². The number of rotatable bonds is 9. The summed E-state index contributed by atoms with van der Waals surface area (Å²) in [5.41, 5.74) is 2.60. The molecule has 3 amide bonds. The van der Waals surface area contributed by atoms with Gasteiger partial charge in [-0.3, -0.25) is 19.3 Å². The standard InChI is InChI=1S/C24H26N2O6S/c1-15-7-5-6-8-17(15)14-21(27)25-9-10-26-23(28)20(33-24(26)29)13-16-11-18(30-2)22(32-4)19(12-16)31-3/h5-8,11-13H,9-10,14H2,1-4H3,(H,25,27). The Morgan fingerprint density at radius 2 is 1.73 bits per heavy atom. The molecule has 0 bridgehead atoms. The predicted molar refractivity (Wildman–Crippen MR) is 127 cm³/mol. The van der Waals surface area contributed by atoms with Crippen LogP contribution >= 0.6 is 11.8 Å². The molecule has 1 aliphatic heterocycles. The molecular weight excluding hydrogens is 444 g/mol. The summed E-state index contributed by atoms with van der Waals surface area (Å²) in [5, 5.41) is 2.39. The number of nitrogens with one attached hydrogen (secondary N) is 1. The van der Waals surface area contributed by atoms with Gasteiger partial charge in [-0.25, -0.2) is 0 Å². The average Bonchev–Trinajstić information content (AvgIpc) is 3.07. The number of thioether (sulfide) groups is 1. The normalized spacial score (nSPS) is 14.5. The molecule has 33 heavy (non-hydrogen) atoms. The zero-order valence-electron chi connectivity index (χ0n) is 19.0. The third-order valence-corrected chi connectivity index (χ3v) is 6.04. The first-order valence-electron chi connectivity index (χ1n) is 10.2. The number of carbonyl (C=O) groups is 3. The fourth-order valence-electron chi connectivity index (χ4n) is 3.38. The molecule has 2 aromatic carbocycles. The fraction of sp³-hybridized carbons (Fsp3) is 0.292. The highest BCUT2D eigenvalue weighted by atomic mass is 32.2. The van der Waals surface area contributed by atoms with Gasteiger partial charge in [-0.05, 0) is 53.6 Å². The van der Waals surface area contributed by atoms with Gasteiger partial charge in [0, 0.05) is 13.1 Å². The van der Waals surface area contributed by atoms with Gasteiger partial charge in [0.1, 0.15) is 0 Å². The van der Waals surface area contributed by atoms with Gasteiger partial charge in [-0.15, -0.1) is 0 Å². The maximum Gasteiger partial charge on any atom is 0.293 e. The van der Waals surface area contributed by atoms with Crippen molar-refractivity contribution in [2.24, 2.45) is 0 Å². The zero-order chi connectivity index (χ0) is 24.0. The number of hydrogen-bond donors (Lipinski definition) is 1. The van der Waals surface area contributed by atoms with E-state index in [1.165, 1.54) is 21.3 Å². The van der Waals surface area contributed by atoms with E-state index in [1.807, 2.05) is 31.2 Å². The Morgan fingerprint density at radius 3 is 2.33 bits per heavy atom. The smallest absolute Gasteiger partial charge is 0.293 e. The van der Waals surface area contributed by atoms with Crippen LogP contribution in [-0.4, -0.2) is 56.4 Å². The Labute approximate surface area is 196 Å². The number of nitrogens with zero attached hydrogens (tertiary/aromatic N) is 1. The number of hydrogen-bond acceptors (Lipinski definition) is 7. The first-order valence-corrected chi connectivity index (χ1v) is 11.1. The lowest BCUT2D eigenvalue weighted by Crippen LogP contribution is -2.37. The highest BCUT2D eigenvalue weighted by molar-refractivity contribution is 8.18. The van der Waals surface area contributed by atoms with Crippen LogP contribution in [0.25, 0.3) is 6.08 Å². The van der Waals surface area contributed by atoms with Crippen LogP contribution < -0.4 is 19.5 Å². The molecule has 0 radical (unpaired) electrons. The highest BCUT2D eigenvalue weighted by Crippen LogP contribution is 2.40. The van der Waals surface area contributed by atoms with E-state index in [-0.39, 0.29) is 35.6 Å². The van der Waals surface area contributed by atoms with Crippen molar-refractivity contribution in [2.45, 2.75) is 13.3 Å². The lowest BCUT2D eigenvalue weighted by Gasteiger charge is -2.14. The highest BCUT2D eigenvalue weighted by Gasteiger charge is 2.34. The van der Waals surface area contributed by atoms with E-state index in [0.717, 1.165) is 27.8 Å². The molecule has 2 aromatic rings. The Bertz CT molecular complexity index is 1070. The number of benzene rings is 2. The van der Waals surface area contributed by atoms with Gasteiger partial charge in [0.15, 0.2) is 11.5 Å². The van der Waals surface area contributed by atoms with Gasteiger partial charge < -0.3 is 19.5 Å². The summed E-state index contributed by atoms with van der Waals surface area (Å²) in [6.07, 6.45) is 1.85. The lowest BCUT2D eigenvalue weighted by molar-refractivity contribution is -0.124. The molecule has 0 atom stereocenters. The lowest BCUT2D eigenvalue weighted by atomic mass is 10.1. The third kappa shape index (κ3) is 5.67. The summed E-state index contributed by atoms with van der Waals surface area (Å²) in [6.45, 7) is 2.22. The molecule has 8 nitrogen and oxygen atoms in total. The van der Waals surface area contributed by atoms with Crippen LogP contribution in [0.3, 0.4) is 0 Å². The van der Waals surface area contributed by atoms with E-state index in [1.54, 1.807) is 18.2 Å². The maximum atomic E-state index is 12.8. The second-order valence-corrected chi connectivity index (χ2v) is 8.24. The minimum absolute atomic E-state index is 0.0940. The van der Waals surface area contributed by atoms with Crippen LogP contribution in [0.4, 0.5) is 4.79 Å². The summed E-state index contributed by atoms with van der Waals surface area (Å²) in [7, 11) is 4.51. The molecule has 3 rings (SSSR count). The topological polar surface area (TPSA) is 94.2 Å². The van der Waals surface area contributed by atoms with Gasteiger partial charge in [0.25, 0.3) is 11.1 Å². The van der Waals surface area contributed by atoms with Crippen LogP contribution in [0.15, 0.2) is 41.3 Å². The average molecular weight is 471 g/mol. The molecule has 174 valence electrons. The first kappa shape index (κ1) is 24.2. The number of aryl methyl sites for hydroxylation is 1. The molecule has 1 heterocycles. The van der Waals surface area contributed by atoms with Crippen LogP contribution in [0.1, 0.15) is 16.7 Å². The first-order chi connectivity index (χ1) is 15.9. The molecule has 0 spiro atoms. The van der Waals surface area contributed by atoms with E-state index in [4.69, 9.17) is 14.2 Å². The van der Waals surface area contributed by atoms with E-state index in [0.29, 0.717) is 22.8 Å². The van der Waals surface area contributed by atoms with Crippen LogP contribution in [-0.2, 0) is 16.0 Å². The minimum atomic E-state index is -0.410. The van der Waals surface area contributed by atoms with Crippen molar-refractivity contribution in [3.05, 3.63) is 58.0 Å². The van der Waals surface area contributed by atoms with E-state index in [2.05, 4.69) is 5.32 Å². The molecule has 1 N–H and O–H groups in total. The van der Waals surface area contributed by atoms with E-state index >= 15 is 0 Å². The van der Waals surface area contributed by atoms with Gasteiger partial charge in [-0.1, -0.05) is 24.3 Å². The molecule has 9 heteroatoms. The maximum absolute atomic E-state index is 12.8. The van der Waals surface area contributed by atoms with Gasteiger partial charge >= 0.3 is 0 Å². The van der Waals surface area contributed by atoms with Crippen molar-refractivity contribution < 1.29 is 28.6 Å². The molecule has 0 saturated carbocycles. The van der Waals surface area contributed by atoms with E-state index < -0.39 is 5.91 Å². The van der Waals surface area contributed by atoms with Crippen molar-refractivity contribution in [2.75, 3.05) is 34.4 Å². The zero-order valence-corrected chi connectivity index (χ0v) is 19.8. The predicted octanol–water partition coefficient (Wildman–Crippen LogP) is 3.42. The van der Waals surface area contributed by atoms with E-state index in [9.17, 15) is 14.4 Å². The summed E-state index contributed by atoms with van der Waals surface area (Å²) in [5.74, 6) is 0.750. The summed E-state index contributed by atoms with van der Waals surface area (Å²) in [6, 6.07) is 11.0. The Hall–Kier alpha value is -3.46. The number of carbonyl (C=O) groups excluding carboxylic acids is 3. The molecule has 1 saturated heterocycles. The molecule has 1 aliphatic rings. The van der Waals surface area contributed by atoms with Crippen LogP contribution in [0.2, 0.25) is 0 Å². The van der Waals surface area contributed by atoms with Gasteiger partial charge in [0.05, 0.1) is 32.7 Å². The van der Waals surface area contributed by atoms with Crippen LogP contribution in [0, 0.1) is 6.92 Å². The monoisotopic (exact) mass is 470 g/mol. The number of methoxy groups -OCH3 is 3. The largest absolute Gasteiger partial charge is 0.493 e. The van der Waals surface area contributed by atoms with Crippen molar-refractivity contribution in [1.82, 2.24) is 10.2 Å².